The van der Waals surface area contributed by atoms with E-state index in [1.165, 1.54) is 19.3 Å². The maximum Gasteiger partial charge on any atom is 0.0767 e. The smallest absolute Gasteiger partial charge is 0.0767 e. The molecule has 4 nitrogen and oxygen atoms in total. The van der Waals surface area contributed by atoms with E-state index in [1.54, 1.807) is 0 Å². The fourth-order valence-electron chi connectivity index (χ4n) is 4.00. The molecule has 0 radical (unpaired) electrons. The van der Waals surface area contributed by atoms with E-state index in [0.29, 0.717) is 18.6 Å². The van der Waals surface area contributed by atoms with Crippen molar-refractivity contribution in [3.8, 4) is 0 Å². The Hall–Kier alpha value is -0.160. The molecular weight excluding hydrogens is 240 g/mol. The summed E-state index contributed by atoms with van der Waals surface area (Å²) >= 11 is 0. The van der Waals surface area contributed by atoms with Crippen LogP contribution in [0.5, 0.6) is 0 Å². The van der Waals surface area contributed by atoms with E-state index in [4.69, 9.17) is 15.2 Å². The molecule has 2 rings (SSSR count). The lowest BCUT2D eigenvalue weighted by Crippen LogP contribution is -2.66. The molecule has 1 heterocycles. The summed E-state index contributed by atoms with van der Waals surface area (Å²) in [5.41, 5.74) is 6.23. The van der Waals surface area contributed by atoms with Gasteiger partial charge in [-0.2, -0.15) is 0 Å². The number of likely N-dealkylation sites (tertiary alicyclic amines) is 1. The van der Waals surface area contributed by atoms with Gasteiger partial charge in [-0.05, 0) is 31.7 Å². The highest BCUT2D eigenvalue weighted by atomic mass is 16.5. The first-order valence-corrected chi connectivity index (χ1v) is 7.68. The van der Waals surface area contributed by atoms with Crippen LogP contribution in [0.1, 0.15) is 39.0 Å². The largest absolute Gasteiger partial charge is 0.380 e. The Labute approximate surface area is 117 Å². The van der Waals surface area contributed by atoms with Crippen LogP contribution < -0.4 is 5.73 Å². The Morgan fingerprint density at radius 2 is 2.00 bits per heavy atom. The van der Waals surface area contributed by atoms with Crippen molar-refractivity contribution in [2.75, 3.05) is 33.9 Å². The van der Waals surface area contributed by atoms with Crippen LogP contribution in [0.2, 0.25) is 0 Å². The van der Waals surface area contributed by atoms with E-state index in [1.807, 2.05) is 14.2 Å². The van der Waals surface area contributed by atoms with E-state index in [-0.39, 0.29) is 11.6 Å². The zero-order valence-electron chi connectivity index (χ0n) is 12.7. The number of rotatable bonds is 4. The molecule has 2 fully saturated rings. The zero-order valence-corrected chi connectivity index (χ0v) is 12.7. The molecule has 0 spiro atoms. The summed E-state index contributed by atoms with van der Waals surface area (Å²) in [6.45, 7) is 5.10. The minimum atomic E-state index is 0.0317. The number of ether oxygens (including phenoxy) is 2. The average molecular weight is 270 g/mol. The van der Waals surface area contributed by atoms with Gasteiger partial charge in [0.25, 0.3) is 0 Å². The summed E-state index contributed by atoms with van der Waals surface area (Å²) in [6, 6.07) is 0. The quantitative estimate of drug-likeness (QED) is 0.843. The van der Waals surface area contributed by atoms with Gasteiger partial charge in [-0.15, -0.1) is 0 Å². The van der Waals surface area contributed by atoms with Gasteiger partial charge in [0.2, 0.25) is 0 Å². The Kier molecular flexibility index (Phi) is 5.23. The molecule has 0 amide bonds. The Balaban J connectivity index is 2.15. The summed E-state index contributed by atoms with van der Waals surface area (Å²) in [7, 11) is 3.66. The SMILES string of the molecule is COC1CN(C2(CN)CCCCC2OC)CCC1C. The molecule has 2 N–H and O–H groups in total. The van der Waals surface area contributed by atoms with Crippen LogP contribution in [-0.2, 0) is 9.47 Å². The fourth-order valence-corrected chi connectivity index (χ4v) is 4.00. The van der Waals surface area contributed by atoms with Crippen molar-refractivity contribution in [3.05, 3.63) is 0 Å². The summed E-state index contributed by atoms with van der Waals surface area (Å²) in [6.07, 6.45) is 6.62. The molecule has 2 aliphatic rings. The van der Waals surface area contributed by atoms with Crippen LogP contribution in [0.3, 0.4) is 0 Å². The van der Waals surface area contributed by atoms with E-state index in [2.05, 4.69) is 11.8 Å². The predicted molar refractivity (Wildman–Crippen MR) is 77.2 cm³/mol. The van der Waals surface area contributed by atoms with Crippen molar-refractivity contribution in [1.82, 2.24) is 4.90 Å². The van der Waals surface area contributed by atoms with Crippen molar-refractivity contribution >= 4 is 0 Å². The van der Waals surface area contributed by atoms with Gasteiger partial charge in [0.15, 0.2) is 0 Å². The Bertz CT molecular complexity index is 287. The van der Waals surface area contributed by atoms with Crippen molar-refractivity contribution in [3.63, 3.8) is 0 Å². The van der Waals surface area contributed by atoms with Crippen LogP contribution in [0.4, 0.5) is 0 Å². The highest BCUT2D eigenvalue weighted by molar-refractivity contribution is 5.03. The summed E-state index contributed by atoms with van der Waals surface area (Å²) in [4.78, 5) is 2.56. The first-order valence-electron chi connectivity index (χ1n) is 7.68. The van der Waals surface area contributed by atoms with Crippen molar-refractivity contribution in [2.45, 2.75) is 56.8 Å². The summed E-state index contributed by atoms with van der Waals surface area (Å²) in [5.74, 6) is 0.639. The molecule has 1 saturated heterocycles. The molecule has 1 saturated carbocycles. The first kappa shape index (κ1) is 15.2. The molecule has 4 unspecified atom stereocenters. The molecule has 0 aromatic carbocycles. The lowest BCUT2D eigenvalue weighted by Gasteiger charge is -2.53. The third-order valence-electron chi connectivity index (χ3n) is 5.39. The number of hydrogen-bond donors (Lipinski definition) is 1. The van der Waals surface area contributed by atoms with Gasteiger partial charge in [-0.25, -0.2) is 0 Å². The van der Waals surface area contributed by atoms with Crippen LogP contribution in [0.15, 0.2) is 0 Å². The van der Waals surface area contributed by atoms with E-state index >= 15 is 0 Å². The highest BCUT2D eigenvalue weighted by Gasteiger charge is 2.46. The van der Waals surface area contributed by atoms with Crippen LogP contribution in [-0.4, -0.2) is 56.5 Å². The second-order valence-corrected chi connectivity index (χ2v) is 6.26. The number of methoxy groups -OCH3 is 2. The average Bonchev–Trinajstić information content (AvgIpc) is 2.47. The number of piperidine rings is 1. The second kappa shape index (κ2) is 6.53. The zero-order chi connectivity index (χ0) is 13.9. The van der Waals surface area contributed by atoms with Crippen LogP contribution >= 0.6 is 0 Å². The topological polar surface area (TPSA) is 47.7 Å². The molecular formula is C15H30N2O2. The normalized spacial score (nSPS) is 41.4. The molecule has 1 aliphatic carbocycles. The van der Waals surface area contributed by atoms with Gasteiger partial charge in [0.05, 0.1) is 17.7 Å². The lowest BCUT2D eigenvalue weighted by molar-refractivity contribution is -0.112. The summed E-state index contributed by atoms with van der Waals surface area (Å²) in [5, 5.41) is 0. The van der Waals surface area contributed by atoms with Gasteiger partial charge in [0.1, 0.15) is 0 Å². The summed E-state index contributed by atoms with van der Waals surface area (Å²) < 4.78 is 11.4. The highest BCUT2D eigenvalue weighted by Crippen LogP contribution is 2.37. The Morgan fingerprint density at radius 1 is 1.21 bits per heavy atom. The lowest BCUT2D eigenvalue weighted by atomic mass is 9.76. The number of nitrogens with two attached hydrogens (primary N) is 1. The molecule has 0 bridgehead atoms. The van der Waals surface area contributed by atoms with Crippen molar-refractivity contribution in [1.29, 1.82) is 0 Å². The van der Waals surface area contributed by atoms with Gasteiger partial charge in [-0.1, -0.05) is 19.8 Å². The standard InChI is InChI=1S/C15H30N2O2/c1-12-7-9-17(10-13(12)18-2)15(11-16)8-5-4-6-14(15)19-3/h12-14H,4-11,16H2,1-3H3. The van der Waals surface area contributed by atoms with Crippen LogP contribution in [0.25, 0.3) is 0 Å². The van der Waals surface area contributed by atoms with Crippen molar-refractivity contribution < 1.29 is 9.47 Å². The molecule has 19 heavy (non-hydrogen) atoms. The molecule has 4 heteroatoms. The molecule has 112 valence electrons. The first-order chi connectivity index (χ1) is 9.17. The number of hydrogen-bond acceptors (Lipinski definition) is 4. The molecule has 4 atom stereocenters. The maximum atomic E-state index is 6.19. The number of nitrogens with zero attached hydrogens (tertiary/aromatic N) is 1. The maximum absolute atomic E-state index is 6.19. The third-order valence-corrected chi connectivity index (χ3v) is 5.39. The monoisotopic (exact) mass is 270 g/mol. The minimum absolute atomic E-state index is 0.0317. The second-order valence-electron chi connectivity index (χ2n) is 6.26. The van der Waals surface area contributed by atoms with Crippen molar-refractivity contribution in [2.24, 2.45) is 11.7 Å². The van der Waals surface area contributed by atoms with Gasteiger partial charge in [0, 0.05) is 27.3 Å². The fraction of sp³-hybridized carbons (Fsp3) is 1.00. The van der Waals surface area contributed by atoms with E-state index < -0.39 is 0 Å². The van der Waals surface area contributed by atoms with Gasteiger partial charge < -0.3 is 15.2 Å². The van der Waals surface area contributed by atoms with Gasteiger partial charge in [-0.3, -0.25) is 4.90 Å². The van der Waals surface area contributed by atoms with Gasteiger partial charge >= 0.3 is 0 Å². The minimum Gasteiger partial charge on any atom is -0.380 e. The third kappa shape index (κ3) is 2.82. The molecule has 0 aromatic rings. The van der Waals surface area contributed by atoms with Crippen LogP contribution in [0, 0.1) is 5.92 Å². The van der Waals surface area contributed by atoms with E-state index in [0.717, 1.165) is 25.9 Å². The molecule has 1 aliphatic heterocycles. The van der Waals surface area contributed by atoms with E-state index in [9.17, 15) is 0 Å². The molecule has 0 aromatic heterocycles. The Morgan fingerprint density at radius 3 is 2.63 bits per heavy atom. The predicted octanol–water partition coefficient (Wildman–Crippen LogP) is 1.63.